The number of nitrogens with zero attached hydrogens (tertiary/aromatic N) is 3. The minimum absolute atomic E-state index is 0.207. The Morgan fingerprint density at radius 2 is 2.22 bits per heavy atom. The smallest absolute Gasteiger partial charge is 0.124 e. The number of aromatic nitrogens is 1. The molecule has 0 radical (unpaired) electrons. The van der Waals surface area contributed by atoms with Gasteiger partial charge in [-0.1, -0.05) is 6.07 Å². The molecule has 5 heteroatoms. The van der Waals surface area contributed by atoms with Crippen LogP contribution >= 0.6 is 0 Å². The van der Waals surface area contributed by atoms with Crippen LogP contribution < -0.4 is 0 Å². The normalized spacial score (nSPS) is 21.7. The van der Waals surface area contributed by atoms with Gasteiger partial charge in [0.05, 0.1) is 11.6 Å². The molecule has 1 aliphatic heterocycles. The molecule has 2 aromatic rings. The van der Waals surface area contributed by atoms with E-state index in [1.165, 1.54) is 6.07 Å². The molecule has 0 bridgehead atoms. The topological polar surface area (TPSA) is 39.6 Å². The molecule has 1 aromatic carbocycles. The lowest BCUT2D eigenvalue weighted by atomic mass is 10.1. The van der Waals surface area contributed by atoms with Crippen molar-refractivity contribution in [3.63, 3.8) is 0 Å². The van der Waals surface area contributed by atoms with Crippen molar-refractivity contribution in [1.29, 1.82) is 0 Å². The number of aliphatic hydroxyl groups is 1. The first-order chi connectivity index (χ1) is 11.0. The monoisotopic (exact) mass is 317 g/mol. The number of aliphatic hydroxyl groups excluding tert-OH is 1. The van der Waals surface area contributed by atoms with Crippen molar-refractivity contribution in [1.82, 2.24) is 14.8 Å². The van der Waals surface area contributed by atoms with Crippen LogP contribution in [0.1, 0.15) is 19.4 Å². The predicted octanol–water partition coefficient (Wildman–Crippen LogP) is 2.26. The number of hydrogen-bond acceptors (Lipinski definition) is 4. The van der Waals surface area contributed by atoms with Crippen LogP contribution in [0.4, 0.5) is 4.39 Å². The van der Waals surface area contributed by atoms with Crippen LogP contribution in [0.3, 0.4) is 0 Å². The first kappa shape index (κ1) is 16.3. The zero-order chi connectivity index (χ0) is 16.4. The van der Waals surface area contributed by atoms with Crippen LogP contribution in [0.2, 0.25) is 0 Å². The SMILES string of the molecule is C[C@H](O)CN1CCN(Cc2cc(F)cc3cccnc23)C[C@@H]1C. The molecule has 0 aliphatic carbocycles. The summed E-state index contributed by atoms with van der Waals surface area (Å²) in [4.78, 5) is 9.07. The van der Waals surface area contributed by atoms with Gasteiger partial charge in [-0.3, -0.25) is 14.8 Å². The molecular formula is C18H24FN3O. The van der Waals surface area contributed by atoms with Gasteiger partial charge in [0.1, 0.15) is 5.82 Å². The summed E-state index contributed by atoms with van der Waals surface area (Å²) in [5.74, 6) is -0.207. The maximum absolute atomic E-state index is 13.9. The second-order valence-electron chi connectivity index (χ2n) is 6.57. The fourth-order valence-corrected chi connectivity index (χ4v) is 3.41. The Morgan fingerprint density at radius 3 is 2.96 bits per heavy atom. The van der Waals surface area contributed by atoms with Gasteiger partial charge in [0.25, 0.3) is 0 Å². The number of hydrogen-bond donors (Lipinski definition) is 1. The second-order valence-corrected chi connectivity index (χ2v) is 6.57. The Balaban J connectivity index is 1.74. The number of pyridine rings is 1. The molecule has 1 aromatic heterocycles. The average molecular weight is 317 g/mol. The van der Waals surface area contributed by atoms with Crippen molar-refractivity contribution in [2.24, 2.45) is 0 Å². The molecule has 0 unspecified atom stereocenters. The molecule has 1 aliphatic rings. The Hall–Kier alpha value is -1.56. The predicted molar refractivity (Wildman–Crippen MR) is 89.7 cm³/mol. The minimum atomic E-state index is -0.305. The highest BCUT2D eigenvalue weighted by Gasteiger charge is 2.24. The largest absolute Gasteiger partial charge is 0.392 e. The summed E-state index contributed by atoms with van der Waals surface area (Å²) in [6, 6.07) is 7.25. The maximum Gasteiger partial charge on any atom is 0.124 e. The fourth-order valence-electron chi connectivity index (χ4n) is 3.41. The molecular weight excluding hydrogens is 293 g/mol. The van der Waals surface area contributed by atoms with Gasteiger partial charge in [-0.25, -0.2) is 4.39 Å². The Kier molecular flexibility index (Phi) is 4.90. The third-order valence-electron chi connectivity index (χ3n) is 4.49. The van der Waals surface area contributed by atoms with Gasteiger partial charge < -0.3 is 5.11 Å². The van der Waals surface area contributed by atoms with E-state index in [0.29, 0.717) is 19.1 Å². The van der Waals surface area contributed by atoms with Crippen LogP contribution in [-0.2, 0) is 6.54 Å². The summed E-state index contributed by atoms with van der Waals surface area (Å²) >= 11 is 0. The minimum Gasteiger partial charge on any atom is -0.392 e. The van der Waals surface area contributed by atoms with Crippen LogP contribution in [0.15, 0.2) is 30.5 Å². The molecule has 3 rings (SSSR count). The van der Waals surface area contributed by atoms with Gasteiger partial charge in [-0.2, -0.15) is 0 Å². The van der Waals surface area contributed by atoms with Crippen molar-refractivity contribution in [2.45, 2.75) is 32.5 Å². The van der Waals surface area contributed by atoms with Crippen LogP contribution in [0.25, 0.3) is 10.9 Å². The summed E-state index contributed by atoms with van der Waals surface area (Å²) in [5.41, 5.74) is 1.82. The van der Waals surface area contributed by atoms with Crippen LogP contribution in [0, 0.1) is 5.82 Å². The number of halogens is 1. The zero-order valence-electron chi connectivity index (χ0n) is 13.7. The Labute approximate surface area is 136 Å². The molecule has 1 saturated heterocycles. The molecule has 2 heterocycles. The van der Waals surface area contributed by atoms with E-state index in [0.717, 1.165) is 36.1 Å². The van der Waals surface area contributed by atoms with E-state index >= 15 is 0 Å². The molecule has 0 saturated carbocycles. The summed E-state index contributed by atoms with van der Waals surface area (Å²) in [6.07, 6.45) is 1.45. The third-order valence-corrected chi connectivity index (χ3v) is 4.49. The van der Waals surface area contributed by atoms with E-state index in [9.17, 15) is 9.50 Å². The number of benzene rings is 1. The first-order valence-electron chi connectivity index (χ1n) is 8.20. The van der Waals surface area contributed by atoms with Gasteiger partial charge >= 0.3 is 0 Å². The molecule has 1 fully saturated rings. The average Bonchev–Trinajstić information content (AvgIpc) is 2.49. The van der Waals surface area contributed by atoms with Gasteiger partial charge in [-0.15, -0.1) is 0 Å². The first-order valence-corrected chi connectivity index (χ1v) is 8.20. The fraction of sp³-hybridized carbons (Fsp3) is 0.500. The quantitative estimate of drug-likeness (QED) is 0.939. The van der Waals surface area contributed by atoms with Crippen LogP contribution in [0.5, 0.6) is 0 Å². The van der Waals surface area contributed by atoms with E-state index in [-0.39, 0.29) is 11.9 Å². The highest BCUT2D eigenvalue weighted by atomic mass is 19.1. The Bertz CT molecular complexity index is 676. The molecule has 2 atom stereocenters. The number of rotatable bonds is 4. The standard InChI is InChI=1S/C18H24FN3O/c1-13-10-21(6-7-22(13)11-14(2)23)12-16-9-17(19)8-15-4-3-5-20-18(15)16/h3-5,8-9,13-14,23H,6-7,10-12H2,1-2H3/t13-,14-/m0/s1. The van der Waals surface area contributed by atoms with Crippen molar-refractivity contribution < 1.29 is 9.50 Å². The number of β-amino-alcohol motifs (C(OH)–C–C–N with tert-alkyl or cyclic N) is 1. The summed E-state index contributed by atoms with van der Waals surface area (Å²) in [5, 5.41) is 10.4. The second kappa shape index (κ2) is 6.91. The van der Waals surface area contributed by atoms with E-state index in [1.54, 1.807) is 12.3 Å². The van der Waals surface area contributed by atoms with Crippen molar-refractivity contribution >= 4 is 10.9 Å². The molecule has 4 nitrogen and oxygen atoms in total. The van der Waals surface area contributed by atoms with E-state index < -0.39 is 0 Å². The van der Waals surface area contributed by atoms with Gasteiger partial charge in [0, 0.05) is 50.3 Å². The van der Waals surface area contributed by atoms with Gasteiger partial charge in [0.2, 0.25) is 0 Å². The summed E-state index contributed by atoms with van der Waals surface area (Å²) in [7, 11) is 0. The maximum atomic E-state index is 13.9. The third kappa shape index (κ3) is 3.86. The van der Waals surface area contributed by atoms with Gasteiger partial charge in [-0.05, 0) is 37.6 Å². The lowest BCUT2D eigenvalue weighted by Crippen LogP contribution is -2.53. The highest BCUT2D eigenvalue weighted by molar-refractivity contribution is 5.81. The van der Waals surface area contributed by atoms with Crippen LogP contribution in [-0.4, -0.2) is 58.2 Å². The van der Waals surface area contributed by atoms with E-state index in [2.05, 4.69) is 21.7 Å². The van der Waals surface area contributed by atoms with Gasteiger partial charge in [0.15, 0.2) is 0 Å². The molecule has 1 N–H and O–H groups in total. The van der Waals surface area contributed by atoms with E-state index in [1.807, 2.05) is 19.1 Å². The molecule has 23 heavy (non-hydrogen) atoms. The highest BCUT2D eigenvalue weighted by Crippen LogP contribution is 2.21. The Morgan fingerprint density at radius 1 is 1.39 bits per heavy atom. The zero-order valence-corrected chi connectivity index (χ0v) is 13.7. The van der Waals surface area contributed by atoms with Crippen molar-refractivity contribution in [3.8, 4) is 0 Å². The van der Waals surface area contributed by atoms with E-state index in [4.69, 9.17) is 0 Å². The van der Waals surface area contributed by atoms with Crippen molar-refractivity contribution in [3.05, 3.63) is 41.8 Å². The summed E-state index contributed by atoms with van der Waals surface area (Å²) < 4.78 is 13.9. The lowest BCUT2D eigenvalue weighted by molar-refractivity contribution is 0.0424. The number of piperazine rings is 1. The van der Waals surface area contributed by atoms with Crippen molar-refractivity contribution in [2.75, 3.05) is 26.2 Å². The summed E-state index contributed by atoms with van der Waals surface area (Å²) in [6.45, 7) is 8.17. The molecule has 0 spiro atoms. The number of fused-ring (bicyclic) bond motifs is 1. The molecule has 124 valence electrons. The lowest BCUT2D eigenvalue weighted by Gasteiger charge is -2.40. The molecule has 0 amide bonds.